The molecule has 3 aromatic rings. The van der Waals surface area contributed by atoms with Crippen LogP contribution in [-0.2, 0) is 11.3 Å². The van der Waals surface area contributed by atoms with Gasteiger partial charge in [0.2, 0.25) is 11.8 Å². The van der Waals surface area contributed by atoms with Gasteiger partial charge in [-0.1, -0.05) is 6.07 Å². The van der Waals surface area contributed by atoms with Crippen LogP contribution >= 0.6 is 0 Å². The molecule has 4 heterocycles. The fourth-order valence-electron chi connectivity index (χ4n) is 3.76. The van der Waals surface area contributed by atoms with E-state index in [4.69, 9.17) is 9.47 Å². The number of urea groups is 1. The van der Waals surface area contributed by atoms with Crippen molar-refractivity contribution in [3.05, 3.63) is 54.7 Å². The maximum absolute atomic E-state index is 12.8. The van der Waals surface area contributed by atoms with Gasteiger partial charge in [-0.25, -0.2) is 24.5 Å². The van der Waals surface area contributed by atoms with Crippen molar-refractivity contribution in [3.8, 4) is 5.88 Å². The SMILES string of the molecule is CCOc1cnc(NC(=O)N(C)[C@@H]2CCCN(c3nccc(NC(=O)OCc4cccnc4)n3)C2)cn1. The van der Waals surface area contributed by atoms with Gasteiger partial charge in [0, 0.05) is 44.3 Å². The summed E-state index contributed by atoms with van der Waals surface area (Å²) >= 11 is 0. The van der Waals surface area contributed by atoms with Crippen molar-refractivity contribution >= 4 is 29.7 Å². The number of rotatable bonds is 8. The van der Waals surface area contributed by atoms with Crippen molar-refractivity contribution in [2.24, 2.45) is 0 Å². The zero-order valence-corrected chi connectivity index (χ0v) is 20.7. The van der Waals surface area contributed by atoms with Gasteiger partial charge in [0.15, 0.2) is 5.82 Å². The van der Waals surface area contributed by atoms with Gasteiger partial charge < -0.3 is 19.3 Å². The minimum absolute atomic E-state index is 0.0749. The number of piperidine rings is 1. The number of ether oxygens (including phenoxy) is 2. The van der Waals surface area contributed by atoms with Gasteiger partial charge >= 0.3 is 12.1 Å². The summed E-state index contributed by atoms with van der Waals surface area (Å²) in [6, 6.07) is 4.81. The molecule has 1 aliphatic rings. The van der Waals surface area contributed by atoms with Gasteiger partial charge in [0.05, 0.1) is 25.0 Å². The lowest BCUT2D eigenvalue weighted by molar-refractivity contribution is 0.155. The van der Waals surface area contributed by atoms with Crippen LogP contribution in [0.4, 0.5) is 27.2 Å². The highest BCUT2D eigenvalue weighted by atomic mass is 16.5. The van der Waals surface area contributed by atoms with Crippen LogP contribution in [-0.4, -0.2) is 74.7 Å². The zero-order valence-electron chi connectivity index (χ0n) is 20.7. The van der Waals surface area contributed by atoms with E-state index in [2.05, 4.69) is 35.6 Å². The molecule has 0 aromatic carbocycles. The number of nitrogens with one attached hydrogen (secondary N) is 2. The number of amides is 3. The molecule has 0 saturated carbocycles. The summed E-state index contributed by atoms with van der Waals surface area (Å²) in [6.45, 7) is 3.71. The quantitative estimate of drug-likeness (QED) is 0.466. The average Bonchev–Trinajstić information content (AvgIpc) is 2.93. The third-order valence-electron chi connectivity index (χ3n) is 5.67. The lowest BCUT2D eigenvalue weighted by atomic mass is 10.1. The molecular weight excluding hydrogens is 478 g/mol. The third-order valence-corrected chi connectivity index (χ3v) is 5.67. The number of carbonyl (C=O) groups excluding carboxylic acids is 2. The summed E-state index contributed by atoms with van der Waals surface area (Å²) in [5.41, 5.74) is 0.781. The Morgan fingerprint density at radius 1 is 1.11 bits per heavy atom. The topological polar surface area (TPSA) is 148 Å². The molecule has 1 fully saturated rings. The van der Waals surface area contributed by atoms with E-state index in [1.165, 1.54) is 12.4 Å². The summed E-state index contributed by atoms with van der Waals surface area (Å²) in [5.74, 6) is 1.52. The van der Waals surface area contributed by atoms with E-state index in [1.807, 2.05) is 17.9 Å². The van der Waals surface area contributed by atoms with Crippen molar-refractivity contribution in [2.45, 2.75) is 32.4 Å². The first-order valence-electron chi connectivity index (χ1n) is 11.9. The highest BCUT2D eigenvalue weighted by Crippen LogP contribution is 2.21. The van der Waals surface area contributed by atoms with E-state index in [0.29, 0.717) is 36.6 Å². The predicted molar refractivity (Wildman–Crippen MR) is 135 cm³/mol. The third kappa shape index (κ3) is 7.22. The zero-order chi connectivity index (χ0) is 26.0. The molecule has 1 saturated heterocycles. The summed E-state index contributed by atoms with van der Waals surface area (Å²) in [7, 11) is 1.74. The Labute approximate surface area is 214 Å². The van der Waals surface area contributed by atoms with Crippen molar-refractivity contribution in [2.75, 3.05) is 42.3 Å². The van der Waals surface area contributed by atoms with E-state index in [9.17, 15) is 9.59 Å². The Kier molecular flexibility index (Phi) is 8.57. The molecule has 0 spiro atoms. The Hall–Kier alpha value is -4.55. The normalized spacial score (nSPS) is 15.0. The van der Waals surface area contributed by atoms with E-state index in [0.717, 1.165) is 24.9 Å². The molecule has 1 atom stereocenters. The smallest absolute Gasteiger partial charge is 0.413 e. The fourth-order valence-corrected chi connectivity index (χ4v) is 3.76. The molecule has 0 bridgehead atoms. The van der Waals surface area contributed by atoms with Crippen molar-refractivity contribution < 1.29 is 19.1 Å². The molecule has 4 rings (SSSR count). The largest absolute Gasteiger partial charge is 0.477 e. The highest BCUT2D eigenvalue weighted by Gasteiger charge is 2.28. The monoisotopic (exact) mass is 507 g/mol. The van der Waals surface area contributed by atoms with Crippen LogP contribution in [0.25, 0.3) is 0 Å². The lowest BCUT2D eigenvalue weighted by Gasteiger charge is -2.37. The molecule has 0 radical (unpaired) electrons. The van der Waals surface area contributed by atoms with E-state index in [1.54, 1.807) is 42.7 Å². The Morgan fingerprint density at radius 2 is 2.00 bits per heavy atom. The summed E-state index contributed by atoms with van der Waals surface area (Å²) < 4.78 is 10.5. The van der Waals surface area contributed by atoms with E-state index >= 15 is 0 Å². The molecule has 2 N–H and O–H groups in total. The first-order chi connectivity index (χ1) is 18.0. The molecule has 0 unspecified atom stereocenters. The van der Waals surface area contributed by atoms with Gasteiger partial charge in [-0.3, -0.25) is 15.6 Å². The second kappa shape index (κ2) is 12.4. The average molecular weight is 508 g/mol. The van der Waals surface area contributed by atoms with Gasteiger partial charge in [0.25, 0.3) is 0 Å². The van der Waals surface area contributed by atoms with Gasteiger partial charge in [-0.15, -0.1) is 0 Å². The van der Waals surface area contributed by atoms with Gasteiger partial charge in [0.1, 0.15) is 12.4 Å². The molecular formula is C24H29N9O4. The predicted octanol–water partition coefficient (Wildman–Crippen LogP) is 2.94. The van der Waals surface area contributed by atoms with Crippen LogP contribution in [0.15, 0.2) is 49.2 Å². The first-order valence-corrected chi connectivity index (χ1v) is 11.9. The summed E-state index contributed by atoms with van der Waals surface area (Å²) in [6.07, 6.45) is 8.83. The Bertz CT molecular complexity index is 1180. The maximum Gasteiger partial charge on any atom is 0.413 e. The molecule has 194 valence electrons. The number of hydrogen-bond donors (Lipinski definition) is 2. The maximum atomic E-state index is 12.8. The molecule has 3 amide bonds. The molecule has 37 heavy (non-hydrogen) atoms. The highest BCUT2D eigenvalue weighted by molar-refractivity contribution is 5.88. The Balaban J connectivity index is 1.31. The van der Waals surface area contributed by atoms with E-state index < -0.39 is 6.09 Å². The van der Waals surface area contributed by atoms with Crippen LogP contribution in [0.2, 0.25) is 0 Å². The van der Waals surface area contributed by atoms with Gasteiger partial charge in [-0.2, -0.15) is 4.98 Å². The van der Waals surface area contributed by atoms with E-state index in [-0.39, 0.29) is 18.7 Å². The van der Waals surface area contributed by atoms with Crippen LogP contribution < -0.4 is 20.3 Å². The second-order valence-electron chi connectivity index (χ2n) is 8.26. The number of pyridine rings is 1. The van der Waals surface area contributed by atoms with Crippen molar-refractivity contribution in [3.63, 3.8) is 0 Å². The number of anilines is 3. The van der Waals surface area contributed by atoms with Crippen LogP contribution in [0, 0.1) is 0 Å². The van der Waals surface area contributed by atoms with Crippen molar-refractivity contribution in [1.29, 1.82) is 0 Å². The van der Waals surface area contributed by atoms with Crippen LogP contribution in [0.5, 0.6) is 5.88 Å². The summed E-state index contributed by atoms with van der Waals surface area (Å²) in [4.78, 5) is 49.7. The molecule has 3 aromatic heterocycles. The Morgan fingerprint density at radius 3 is 2.76 bits per heavy atom. The first kappa shape index (κ1) is 25.5. The molecule has 1 aliphatic heterocycles. The second-order valence-corrected chi connectivity index (χ2v) is 8.26. The number of nitrogens with zero attached hydrogens (tertiary/aromatic N) is 7. The number of hydrogen-bond acceptors (Lipinski definition) is 10. The van der Waals surface area contributed by atoms with Crippen molar-refractivity contribution in [1.82, 2.24) is 29.8 Å². The molecule has 13 heteroatoms. The van der Waals surface area contributed by atoms with Crippen LogP contribution in [0.3, 0.4) is 0 Å². The molecule has 0 aliphatic carbocycles. The minimum atomic E-state index is -0.626. The summed E-state index contributed by atoms with van der Waals surface area (Å²) in [5, 5.41) is 5.39. The fraction of sp³-hybridized carbons (Fsp3) is 0.375. The van der Waals surface area contributed by atoms with Gasteiger partial charge in [-0.05, 0) is 31.9 Å². The number of aromatic nitrogens is 5. The molecule has 13 nitrogen and oxygen atoms in total. The standard InChI is InChI=1S/C24H29N9O4/c1-3-36-21-14-27-20(13-28-21)30-23(34)32(2)18-7-5-11-33(15-18)22-26-10-8-19(29-22)31-24(35)37-16-17-6-4-9-25-12-17/h4,6,8-10,12-14,18H,3,5,7,11,15-16H2,1-2H3,(H,27,30,34)(H,26,29,31,35)/t18-/m1/s1. The number of carbonyl (C=O) groups is 2. The minimum Gasteiger partial charge on any atom is -0.477 e. The lowest BCUT2D eigenvalue weighted by Crippen LogP contribution is -2.50. The van der Waals surface area contributed by atoms with Crippen LogP contribution in [0.1, 0.15) is 25.3 Å². The number of likely N-dealkylation sites (N-methyl/N-ethyl adjacent to an activating group) is 1.